The molecule has 1 unspecified atom stereocenters. The van der Waals surface area contributed by atoms with Crippen LogP contribution in [0.3, 0.4) is 0 Å². The van der Waals surface area contributed by atoms with E-state index in [1.165, 1.54) is 24.3 Å². The topological polar surface area (TPSA) is 161 Å². The van der Waals surface area contributed by atoms with Crippen LogP contribution in [0.15, 0.2) is 48.1 Å². The molecule has 0 radical (unpaired) electrons. The minimum absolute atomic E-state index is 0.0638. The van der Waals surface area contributed by atoms with Crippen LogP contribution in [0.4, 0.5) is 9.18 Å². The maximum atomic E-state index is 17.6. The molecule has 244 valence electrons. The first-order valence-electron chi connectivity index (χ1n) is 15.0. The minimum atomic E-state index is -2.09. The van der Waals surface area contributed by atoms with E-state index in [4.69, 9.17) is 29.4 Å². The normalized spacial score (nSPS) is 39.4. The minimum Gasteiger partial charge on any atom is -0.426 e. The van der Waals surface area contributed by atoms with Gasteiger partial charge in [-0.2, -0.15) is 0 Å². The van der Waals surface area contributed by atoms with E-state index in [0.29, 0.717) is 30.4 Å². The SMILES string of the molecule is CC1(C)O[C@@H]2C[C@H]3C4CCC5=CC(=O)C=C[C@]5(C)[C@@]4(F)[C@@H](O)C[C@]3(C)[C@]2(C(=O)COC(=O)Oc2cccc(CON(O)O)c2)O1. The summed E-state index contributed by atoms with van der Waals surface area (Å²) in [6, 6.07) is 6.02. The van der Waals surface area contributed by atoms with Gasteiger partial charge in [0, 0.05) is 16.7 Å². The van der Waals surface area contributed by atoms with Gasteiger partial charge in [0.1, 0.15) is 5.75 Å². The Bertz CT molecular complexity index is 1480. The molecule has 4 fully saturated rings. The smallest absolute Gasteiger partial charge is 0.426 e. The van der Waals surface area contributed by atoms with E-state index in [1.54, 1.807) is 39.0 Å². The predicted molar refractivity (Wildman–Crippen MR) is 150 cm³/mol. The number of fused-ring (bicyclic) bond motifs is 7. The van der Waals surface area contributed by atoms with Gasteiger partial charge in [0.05, 0.1) is 24.2 Å². The zero-order chi connectivity index (χ0) is 32.6. The molecule has 1 aromatic rings. The van der Waals surface area contributed by atoms with Gasteiger partial charge in [-0.05, 0) is 82.2 Å². The molecule has 1 heterocycles. The molecule has 0 amide bonds. The van der Waals surface area contributed by atoms with Crippen molar-refractivity contribution in [2.45, 2.75) is 89.2 Å². The molecule has 13 heteroatoms. The number of ether oxygens (including phenoxy) is 4. The van der Waals surface area contributed by atoms with Gasteiger partial charge in [-0.25, -0.2) is 14.0 Å². The fourth-order valence-corrected chi connectivity index (χ4v) is 9.00. The number of allylic oxidation sites excluding steroid dienone is 4. The molecule has 8 atom stereocenters. The molecule has 4 aliphatic carbocycles. The van der Waals surface area contributed by atoms with Crippen LogP contribution in [-0.2, 0) is 35.2 Å². The van der Waals surface area contributed by atoms with Crippen LogP contribution in [0.1, 0.15) is 58.9 Å². The molecule has 6 rings (SSSR count). The number of hydrogen-bond donors (Lipinski definition) is 3. The van der Waals surface area contributed by atoms with Crippen molar-refractivity contribution in [2.24, 2.45) is 22.7 Å². The monoisotopic (exact) mass is 631 g/mol. The molecule has 45 heavy (non-hydrogen) atoms. The number of Topliss-reactive ketones (excluding diaryl/α,β-unsaturated/α-hetero) is 1. The lowest BCUT2D eigenvalue weighted by Crippen LogP contribution is -2.70. The first kappa shape index (κ1) is 31.9. The Labute approximate surface area is 259 Å². The van der Waals surface area contributed by atoms with Gasteiger partial charge in [-0.15, -0.1) is 0 Å². The van der Waals surface area contributed by atoms with E-state index in [-0.39, 0.29) is 24.6 Å². The first-order valence-corrected chi connectivity index (χ1v) is 15.0. The Morgan fingerprint density at radius 2 is 1.91 bits per heavy atom. The van der Waals surface area contributed by atoms with Crippen LogP contribution >= 0.6 is 0 Å². The van der Waals surface area contributed by atoms with E-state index in [9.17, 15) is 19.5 Å². The number of carbonyl (C=O) groups is 3. The third-order valence-corrected chi connectivity index (χ3v) is 10.8. The molecule has 0 aromatic heterocycles. The Kier molecular flexibility index (Phi) is 7.63. The Balaban J connectivity index is 1.24. The summed E-state index contributed by atoms with van der Waals surface area (Å²) in [4.78, 5) is 43.5. The van der Waals surface area contributed by atoms with Crippen LogP contribution in [0.25, 0.3) is 0 Å². The van der Waals surface area contributed by atoms with Gasteiger partial charge < -0.3 is 24.1 Å². The molecular formula is C32H38FNO11. The Morgan fingerprint density at radius 3 is 2.64 bits per heavy atom. The van der Waals surface area contributed by atoms with Crippen LogP contribution in [0.5, 0.6) is 5.75 Å². The highest BCUT2D eigenvalue weighted by atomic mass is 19.1. The maximum absolute atomic E-state index is 17.6. The first-order chi connectivity index (χ1) is 21.1. The van der Waals surface area contributed by atoms with Gasteiger partial charge in [-0.3, -0.25) is 20.0 Å². The fourth-order valence-electron chi connectivity index (χ4n) is 9.00. The number of hydrogen-bond acceptors (Lipinski definition) is 12. The number of halogens is 1. The number of ketones is 2. The molecular weight excluding hydrogens is 593 g/mol. The fraction of sp³-hybridized carbons (Fsp3) is 0.594. The van der Waals surface area contributed by atoms with Crippen LogP contribution < -0.4 is 4.74 Å². The number of nitrogens with zero attached hydrogens (tertiary/aromatic N) is 1. The number of alkyl halides is 1. The highest BCUT2D eigenvalue weighted by Crippen LogP contribution is 2.72. The van der Waals surface area contributed by atoms with E-state index >= 15 is 4.39 Å². The molecule has 1 aromatic carbocycles. The van der Waals surface area contributed by atoms with Crippen molar-refractivity contribution in [3.8, 4) is 5.75 Å². The summed E-state index contributed by atoms with van der Waals surface area (Å²) in [6.45, 7) is 5.95. The number of aliphatic hydroxyl groups excluding tert-OH is 1. The summed E-state index contributed by atoms with van der Waals surface area (Å²) in [7, 11) is 0. The summed E-state index contributed by atoms with van der Waals surface area (Å²) < 4.78 is 40.7. The predicted octanol–water partition coefficient (Wildman–Crippen LogP) is 4.15. The number of carbonyl (C=O) groups excluding carboxylic acids is 3. The van der Waals surface area contributed by atoms with Gasteiger partial charge >= 0.3 is 6.16 Å². The molecule has 1 aliphatic heterocycles. The van der Waals surface area contributed by atoms with Gasteiger partial charge in [-0.1, -0.05) is 30.7 Å². The van der Waals surface area contributed by atoms with Crippen molar-refractivity contribution in [3.05, 3.63) is 53.6 Å². The molecule has 3 N–H and O–H groups in total. The third-order valence-electron chi connectivity index (χ3n) is 10.8. The van der Waals surface area contributed by atoms with Crippen molar-refractivity contribution in [1.29, 1.82) is 0 Å². The zero-order valence-electron chi connectivity index (χ0n) is 25.5. The molecule has 0 spiro atoms. The van der Waals surface area contributed by atoms with Crippen molar-refractivity contribution < 1.29 is 58.1 Å². The van der Waals surface area contributed by atoms with Crippen molar-refractivity contribution in [3.63, 3.8) is 0 Å². The number of aliphatic hydroxyl groups is 1. The molecule has 1 saturated heterocycles. The maximum Gasteiger partial charge on any atom is 0.514 e. The van der Waals surface area contributed by atoms with Gasteiger partial charge in [0.2, 0.25) is 5.78 Å². The summed E-state index contributed by atoms with van der Waals surface area (Å²) in [5, 5.41) is 28.7. The lowest BCUT2D eigenvalue weighted by atomic mass is 9.44. The van der Waals surface area contributed by atoms with Gasteiger partial charge in [0.15, 0.2) is 29.4 Å². The summed E-state index contributed by atoms with van der Waals surface area (Å²) in [6.07, 6.45) is 1.99. The zero-order valence-corrected chi connectivity index (χ0v) is 25.5. The van der Waals surface area contributed by atoms with Crippen LogP contribution in [0.2, 0.25) is 0 Å². The summed E-state index contributed by atoms with van der Waals surface area (Å²) >= 11 is 0. The van der Waals surface area contributed by atoms with Crippen LogP contribution in [-0.4, -0.2) is 74.5 Å². The van der Waals surface area contributed by atoms with E-state index < -0.39 is 75.9 Å². The lowest BCUT2D eigenvalue weighted by molar-refractivity contribution is -0.497. The molecule has 3 saturated carbocycles. The van der Waals surface area contributed by atoms with E-state index in [1.807, 2.05) is 6.92 Å². The average Bonchev–Trinajstić information content (AvgIpc) is 3.37. The highest BCUT2D eigenvalue weighted by Gasteiger charge is 2.80. The summed E-state index contributed by atoms with van der Waals surface area (Å²) in [5.74, 6) is -2.99. The number of benzene rings is 1. The molecule has 5 aliphatic rings. The van der Waals surface area contributed by atoms with E-state index in [2.05, 4.69) is 4.84 Å². The summed E-state index contributed by atoms with van der Waals surface area (Å²) in [5.41, 5.74) is -4.90. The average molecular weight is 632 g/mol. The van der Waals surface area contributed by atoms with E-state index in [0.717, 1.165) is 0 Å². The quantitative estimate of drug-likeness (QED) is 0.224. The lowest BCUT2D eigenvalue weighted by Gasteiger charge is -2.62. The Morgan fingerprint density at radius 1 is 1.16 bits per heavy atom. The van der Waals surface area contributed by atoms with Crippen LogP contribution in [0, 0.1) is 22.7 Å². The van der Waals surface area contributed by atoms with Gasteiger partial charge in [0.25, 0.3) is 0 Å². The second-order valence-corrected chi connectivity index (χ2v) is 13.6. The van der Waals surface area contributed by atoms with Crippen molar-refractivity contribution in [2.75, 3.05) is 6.61 Å². The molecule has 12 nitrogen and oxygen atoms in total. The molecule has 0 bridgehead atoms. The Hall–Kier alpha value is -3.04. The third kappa shape index (κ3) is 4.79. The standard InChI is InChI=1S/C32H38FNO11/c1-28(2)44-26-14-23-22-9-8-19-13-20(35)10-11-29(19,3)31(22,33)24(36)15-30(23,4)32(26,45-28)25(37)17-41-27(38)43-21-7-5-6-18(12-21)16-42-34(39)40/h5-7,10-13,22-24,26,36,39-40H,8-9,14-17H2,1-4H3/t22?,23-,24-,26+,29-,30-,31-,32+/m0/s1. The number of rotatable bonds is 7. The second kappa shape index (κ2) is 10.8. The second-order valence-electron chi connectivity index (χ2n) is 13.6. The van der Waals surface area contributed by atoms with Crippen molar-refractivity contribution in [1.82, 2.24) is 5.39 Å². The highest BCUT2D eigenvalue weighted by molar-refractivity contribution is 6.01. The largest absolute Gasteiger partial charge is 0.514 e. The van der Waals surface area contributed by atoms with Crippen molar-refractivity contribution >= 4 is 17.7 Å².